The van der Waals surface area contributed by atoms with Crippen LogP contribution >= 0.6 is 0 Å². The number of aliphatic hydroxyl groups excluding tert-OH is 1. The number of hydrogen-bond acceptors (Lipinski definition) is 4. The van der Waals surface area contributed by atoms with E-state index >= 15 is 0 Å². The lowest BCUT2D eigenvalue weighted by atomic mass is 10.0. The maximum Gasteiger partial charge on any atom is 0.161 e. The number of aliphatic hydroxyl groups is 1. The van der Waals surface area contributed by atoms with Crippen LogP contribution in [-0.2, 0) is 11.2 Å². The van der Waals surface area contributed by atoms with Crippen molar-refractivity contribution >= 4 is 5.78 Å². The Balaban J connectivity index is 1.93. The van der Waals surface area contributed by atoms with Gasteiger partial charge in [0, 0.05) is 6.42 Å². The Morgan fingerprint density at radius 2 is 2.04 bits per heavy atom. The average Bonchev–Trinajstić information content (AvgIpc) is 3.08. The second-order valence-corrected chi connectivity index (χ2v) is 6.50. The Kier molecular flexibility index (Phi) is 7.32. The van der Waals surface area contributed by atoms with Gasteiger partial charge in [-0.3, -0.25) is 4.79 Å². The zero-order valence-electron chi connectivity index (χ0n) is 14.5. The molecule has 4 nitrogen and oxygen atoms in total. The number of aryl methyl sites for hydroxylation is 1. The van der Waals surface area contributed by atoms with Gasteiger partial charge >= 0.3 is 0 Å². The van der Waals surface area contributed by atoms with Gasteiger partial charge in [0.1, 0.15) is 0 Å². The summed E-state index contributed by atoms with van der Waals surface area (Å²) in [5.41, 5.74) is 1.77. The standard InChI is InChI=1S/C20H28O4/c1-2-5-16(14-21)12-17(22)10-8-15-9-11-19(23)20(13-15)24-18-6-3-4-7-18/h9,11-13,18,21,23H,2-8,10,14H2,1H3. The molecule has 0 heterocycles. The maximum atomic E-state index is 12.0. The summed E-state index contributed by atoms with van der Waals surface area (Å²) in [4.78, 5) is 12.0. The highest BCUT2D eigenvalue weighted by Gasteiger charge is 2.18. The molecular weight excluding hydrogens is 304 g/mol. The van der Waals surface area contributed by atoms with E-state index in [1.165, 1.54) is 12.8 Å². The smallest absolute Gasteiger partial charge is 0.161 e. The van der Waals surface area contributed by atoms with Crippen molar-refractivity contribution in [1.29, 1.82) is 0 Å². The summed E-state index contributed by atoms with van der Waals surface area (Å²) in [6.45, 7) is 1.97. The number of aromatic hydroxyl groups is 1. The van der Waals surface area contributed by atoms with Crippen molar-refractivity contribution in [2.24, 2.45) is 0 Å². The van der Waals surface area contributed by atoms with Gasteiger partial charge < -0.3 is 14.9 Å². The molecule has 132 valence electrons. The lowest BCUT2D eigenvalue weighted by molar-refractivity contribution is -0.114. The molecule has 0 saturated heterocycles. The minimum Gasteiger partial charge on any atom is -0.504 e. The van der Waals surface area contributed by atoms with Crippen molar-refractivity contribution in [2.75, 3.05) is 6.61 Å². The van der Waals surface area contributed by atoms with E-state index in [0.717, 1.165) is 36.8 Å². The number of ether oxygens (including phenoxy) is 1. The van der Waals surface area contributed by atoms with E-state index < -0.39 is 0 Å². The molecule has 1 aliphatic carbocycles. The van der Waals surface area contributed by atoms with Crippen molar-refractivity contribution in [3.05, 3.63) is 35.4 Å². The molecule has 1 aromatic carbocycles. The van der Waals surface area contributed by atoms with Gasteiger partial charge in [-0.15, -0.1) is 0 Å². The van der Waals surface area contributed by atoms with Crippen molar-refractivity contribution in [1.82, 2.24) is 0 Å². The zero-order chi connectivity index (χ0) is 17.4. The first kappa shape index (κ1) is 18.5. The lowest BCUT2D eigenvalue weighted by Gasteiger charge is -2.15. The molecule has 0 aliphatic heterocycles. The molecule has 0 unspecified atom stereocenters. The molecule has 0 bridgehead atoms. The number of phenolic OH excluding ortho intramolecular Hbond substituents is 1. The van der Waals surface area contributed by atoms with Crippen molar-refractivity contribution in [2.45, 2.75) is 64.4 Å². The molecule has 1 fully saturated rings. The van der Waals surface area contributed by atoms with Crippen molar-refractivity contribution in [3.63, 3.8) is 0 Å². The number of phenols is 1. The van der Waals surface area contributed by atoms with E-state index in [4.69, 9.17) is 4.74 Å². The van der Waals surface area contributed by atoms with E-state index in [9.17, 15) is 15.0 Å². The van der Waals surface area contributed by atoms with E-state index in [2.05, 4.69) is 0 Å². The molecule has 0 atom stereocenters. The minimum absolute atomic E-state index is 0.0267. The van der Waals surface area contributed by atoms with E-state index in [-0.39, 0.29) is 24.2 Å². The van der Waals surface area contributed by atoms with Gasteiger partial charge in [-0.25, -0.2) is 0 Å². The molecular formula is C20H28O4. The summed E-state index contributed by atoms with van der Waals surface area (Å²) < 4.78 is 5.89. The highest BCUT2D eigenvalue weighted by Crippen LogP contribution is 2.31. The first-order valence-electron chi connectivity index (χ1n) is 8.94. The summed E-state index contributed by atoms with van der Waals surface area (Å²) in [6.07, 6.45) is 8.84. The first-order chi connectivity index (χ1) is 11.6. The topological polar surface area (TPSA) is 66.8 Å². The third kappa shape index (κ3) is 5.68. The third-order valence-corrected chi connectivity index (χ3v) is 4.42. The van der Waals surface area contributed by atoms with Crippen LogP contribution in [0.2, 0.25) is 0 Å². The Hall–Kier alpha value is -1.81. The Labute approximate surface area is 144 Å². The van der Waals surface area contributed by atoms with Gasteiger partial charge in [0.15, 0.2) is 17.3 Å². The van der Waals surface area contributed by atoms with Gasteiger partial charge in [-0.1, -0.05) is 19.4 Å². The molecule has 1 aliphatic rings. The molecule has 2 N–H and O–H groups in total. The van der Waals surface area contributed by atoms with Gasteiger partial charge in [0.25, 0.3) is 0 Å². The molecule has 0 spiro atoms. The quantitative estimate of drug-likeness (QED) is 0.672. The fourth-order valence-electron chi connectivity index (χ4n) is 3.08. The fraction of sp³-hybridized carbons (Fsp3) is 0.550. The first-order valence-corrected chi connectivity index (χ1v) is 8.94. The summed E-state index contributed by atoms with van der Waals surface area (Å²) >= 11 is 0. The number of ketones is 1. The van der Waals surface area contributed by atoms with Crippen LogP contribution in [0.15, 0.2) is 29.8 Å². The maximum absolute atomic E-state index is 12.0. The lowest BCUT2D eigenvalue weighted by Crippen LogP contribution is -2.11. The zero-order valence-corrected chi connectivity index (χ0v) is 14.5. The molecule has 2 rings (SSSR count). The molecule has 0 radical (unpaired) electrons. The molecule has 0 aromatic heterocycles. The summed E-state index contributed by atoms with van der Waals surface area (Å²) in [5.74, 6) is 0.700. The Morgan fingerprint density at radius 1 is 1.29 bits per heavy atom. The van der Waals surface area contributed by atoms with Crippen LogP contribution in [0.3, 0.4) is 0 Å². The van der Waals surface area contributed by atoms with Crippen LogP contribution in [0.25, 0.3) is 0 Å². The van der Waals surface area contributed by atoms with Crippen LogP contribution in [0.1, 0.15) is 57.4 Å². The number of carbonyl (C=O) groups is 1. The van der Waals surface area contributed by atoms with Crippen LogP contribution in [0.4, 0.5) is 0 Å². The van der Waals surface area contributed by atoms with Crippen molar-refractivity contribution in [3.8, 4) is 11.5 Å². The number of benzene rings is 1. The number of allylic oxidation sites excluding steroid dienone is 1. The van der Waals surface area contributed by atoms with Gasteiger partial charge in [-0.05, 0) is 67.9 Å². The fourth-order valence-corrected chi connectivity index (χ4v) is 3.08. The molecule has 4 heteroatoms. The third-order valence-electron chi connectivity index (χ3n) is 4.42. The predicted octanol–water partition coefficient (Wildman–Crippen LogP) is 3.93. The Bertz CT molecular complexity index is 571. The minimum atomic E-state index is -0.0574. The SMILES string of the molecule is CCCC(=CC(=O)CCc1ccc(O)c(OC2CCCC2)c1)CO. The monoisotopic (exact) mass is 332 g/mol. The second kappa shape index (κ2) is 9.48. The summed E-state index contributed by atoms with van der Waals surface area (Å²) in [7, 11) is 0. The normalized spacial score (nSPS) is 15.7. The van der Waals surface area contributed by atoms with E-state index in [0.29, 0.717) is 18.6 Å². The Morgan fingerprint density at radius 3 is 2.71 bits per heavy atom. The average molecular weight is 332 g/mol. The summed E-state index contributed by atoms with van der Waals surface area (Å²) in [5, 5.41) is 19.2. The molecule has 0 amide bonds. The second-order valence-electron chi connectivity index (χ2n) is 6.50. The molecule has 24 heavy (non-hydrogen) atoms. The molecule has 1 aromatic rings. The van der Waals surface area contributed by atoms with Gasteiger partial charge in [0.05, 0.1) is 12.7 Å². The van der Waals surface area contributed by atoms with Gasteiger partial charge in [0.2, 0.25) is 0 Å². The largest absolute Gasteiger partial charge is 0.504 e. The molecule has 1 saturated carbocycles. The highest BCUT2D eigenvalue weighted by atomic mass is 16.5. The van der Waals surface area contributed by atoms with E-state index in [1.54, 1.807) is 12.1 Å². The number of carbonyl (C=O) groups excluding carboxylic acids is 1. The predicted molar refractivity (Wildman–Crippen MR) is 94.4 cm³/mol. The van der Waals surface area contributed by atoms with Crippen LogP contribution in [-0.4, -0.2) is 28.7 Å². The van der Waals surface area contributed by atoms with Gasteiger partial charge in [-0.2, -0.15) is 0 Å². The number of rotatable bonds is 9. The van der Waals surface area contributed by atoms with Crippen LogP contribution in [0.5, 0.6) is 11.5 Å². The highest BCUT2D eigenvalue weighted by molar-refractivity contribution is 5.90. The van der Waals surface area contributed by atoms with Crippen LogP contribution in [0, 0.1) is 0 Å². The van der Waals surface area contributed by atoms with Crippen molar-refractivity contribution < 1.29 is 19.7 Å². The van der Waals surface area contributed by atoms with Crippen LogP contribution < -0.4 is 4.74 Å². The van der Waals surface area contributed by atoms with E-state index in [1.807, 2.05) is 19.1 Å². The summed E-state index contributed by atoms with van der Waals surface area (Å²) in [6, 6.07) is 5.30. The number of hydrogen-bond donors (Lipinski definition) is 2.